The zero-order valence-electron chi connectivity index (χ0n) is 13.7. The zero-order chi connectivity index (χ0) is 17.1. The average molecular weight is 334 g/mol. The molecule has 0 unspecified atom stereocenters. The lowest BCUT2D eigenvalue weighted by Gasteiger charge is -2.10. The summed E-state index contributed by atoms with van der Waals surface area (Å²) in [6.45, 7) is 1.13. The van der Waals surface area contributed by atoms with Crippen molar-refractivity contribution in [1.29, 1.82) is 0 Å². The number of carbonyl (C=O) groups excluding carboxylic acids is 1. The summed E-state index contributed by atoms with van der Waals surface area (Å²) in [6, 6.07) is 3.50. The number of amides is 1. The molecule has 1 amide bonds. The number of hydrogen-bond acceptors (Lipinski definition) is 5. The van der Waals surface area contributed by atoms with Crippen LogP contribution in [0.1, 0.15) is 34.8 Å². The molecule has 25 heavy (non-hydrogen) atoms. The van der Waals surface area contributed by atoms with Gasteiger partial charge < -0.3 is 5.32 Å². The van der Waals surface area contributed by atoms with Gasteiger partial charge in [-0.1, -0.05) is 0 Å². The van der Waals surface area contributed by atoms with E-state index in [4.69, 9.17) is 0 Å². The predicted molar refractivity (Wildman–Crippen MR) is 91.8 cm³/mol. The Hall–Kier alpha value is -3.09. The molecule has 1 fully saturated rings. The minimum absolute atomic E-state index is 0.123. The van der Waals surface area contributed by atoms with Crippen molar-refractivity contribution in [2.45, 2.75) is 25.3 Å². The minimum atomic E-state index is -0.123. The van der Waals surface area contributed by atoms with E-state index in [2.05, 4.69) is 25.4 Å². The maximum Gasteiger partial charge on any atom is 0.252 e. The standard InChI is InChI=1S/C18H18N6O/c25-18(14-2-1-5-19-10-14)22-8-9-24-17(13-3-4-13)15(11-23-24)16-12-20-6-7-21-16/h1-2,5-7,10-13H,3-4,8-9H2,(H,22,25). The Morgan fingerprint density at radius 2 is 2.04 bits per heavy atom. The molecule has 0 saturated heterocycles. The third kappa shape index (κ3) is 3.40. The fourth-order valence-corrected chi connectivity index (χ4v) is 2.87. The maximum atomic E-state index is 12.1. The van der Waals surface area contributed by atoms with E-state index in [0.717, 1.165) is 11.3 Å². The van der Waals surface area contributed by atoms with Gasteiger partial charge in [-0.3, -0.25) is 24.4 Å². The average Bonchev–Trinajstić information content (AvgIpc) is 3.43. The van der Waals surface area contributed by atoms with Gasteiger partial charge in [-0.05, 0) is 25.0 Å². The van der Waals surface area contributed by atoms with Gasteiger partial charge in [0.05, 0.1) is 35.9 Å². The van der Waals surface area contributed by atoms with Crippen molar-refractivity contribution in [3.63, 3.8) is 0 Å². The normalized spacial score (nSPS) is 13.6. The van der Waals surface area contributed by atoms with Gasteiger partial charge in [0.25, 0.3) is 5.91 Å². The van der Waals surface area contributed by atoms with Crippen LogP contribution in [0.15, 0.2) is 49.3 Å². The molecule has 1 saturated carbocycles. The second-order valence-electron chi connectivity index (χ2n) is 6.03. The van der Waals surface area contributed by atoms with Crippen molar-refractivity contribution in [2.24, 2.45) is 0 Å². The van der Waals surface area contributed by atoms with Crippen LogP contribution in [0, 0.1) is 0 Å². The zero-order valence-corrected chi connectivity index (χ0v) is 13.7. The third-order valence-corrected chi connectivity index (χ3v) is 4.22. The van der Waals surface area contributed by atoms with Gasteiger partial charge in [0.2, 0.25) is 0 Å². The molecular weight excluding hydrogens is 316 g/mol. The van der Waals surface area contributed by atoms with Gasteiger partial charge >= 0.3 is 0 Å². The highest BCUT2D eigenvalue weighted by Crippen LogP contribution is 2.43. The Kier molecular flexibility index (Phi) is 4.20. The summed E-state index contributed by atoms with van der Waals surface area (Å²) in [6.07, 6.45) is 12.5. The van der Waals surface area contributed by atoms with Gasteiger partial charge in [-0.2, -0.15) is 5.10 Å². The van der Waals surface area contributed by atoms with Crippen LogP contribution in [-0.4, -0.2) is 37.2 Å². The van der Waals surface area contributed by atoms with E-state index < -0.39 is 0 Å². The first-order valence-electron chi connectivity index (χ1n) is 8.33. The van der Waals surface area contributed by atoms with Crippen molar-refractivity contribution < 1.29 is 4.79 Å². The van der Waals surface area contributed by atoms with Crippen molar-refractivity contribution in [1.82, 2.24) is 30.0 Å². The van der Waals surface area contributed by atoms with Crippen molar-refractivity contribution in [3.05, 3.63) is 60.6 Å². The first-order chi connectivity index (χ1) is 12.3. The molecule has 1 N–H and O–H groups in total. The molecule has 0 bridgehead atoms. The lowest BCUT2D eigenvalue weighted by Crippen LogP contribution is -2.28. The number of aromatic nitrogens is 5. The van der Waals surface area contributed by atoms with Crippen LogP contribution in [0.3, 0.4) is 0 Å². The van der Waals surface area contributed by atoms with Gasteiger partial charge in [-0.25, -0.2) is 0 Å². The number of nitrogens with one attached hydrogen (secondary N) is 1. The van der Waals surface area contributed by atoms with E-state index in [9.17, 15) is 4.79 Å². The summed E-state index contributed by atoms with van der Waals surface area (Å²) in [5.41, 5.74) is 3.63. The first-order valence-corrected chi connectivity index (χ1v) is 8.33. The smallest absolute Gasteiger partial charge is 0.252 e. The molecule has 1 aliphatic rings. The topological polar surface area (TPSA) is 85.6 Å². The lowest BCUT2D eigenvalue weighted by molar-refractivity contribution is 0.0951. The molecule has 0 atom stereocenters. The second kappa shape index (κ2) is 6.80. The summed E-state index contributed by atoms with van der Waals surface area (Å²) < 4.78 is 1.98. The van der Waals surface area contributed by atoms with Gasteiger partial charge in [0.1, 0.15) is 0 Å². The highest BCUT2D eigenvalue weighted by Gasteiger charge is 2.31. The number of hydrogen-bond donors (Lipinski definition) is 1. The third-order valence-electron chi connectivity index (χ3n) is 4.22. The lowest BCUT2D eigenvalue weighted by atomic mass is 10.1. The molecule has 3 heterocycles. The second-order valence-corrected chi connectivity index (χ2v) is 6.03. The number of nitrogens with zero attached hydrogens (tertiary/aromatic N) is 5. The first kappa shape index (κ1) is 15.4. The molecule has 0 aromatic carbocycles. The Labute approximate surface area is 145 Å². The molecule has 0 spiro atoms. The summed E-state index contributed by atoms with van der Waals surface area (Å²) in [5.74, 6) is 0.399. The van der Waals surface area contributed by atoms with Crippen molar-refractivity contribution in [2.75, 3.05) is 6.54 Å². The number of rotatable bonds is 6. The highest BCUT2D eigenvalue weighted by atomic mass is 16.1. The molecule has 1 aliphatic carbocycles. The predicted octanol–water partition coefficient (Wildman–Crippen LogP) is 2.04. The Bertz CT molecular complexity index is 858. The number of carbonyl (C=O) groups is 1. The van der Waals surface area contributed by atoms with Crippen LogP contribution in [0.2, 0.25) is 0 Å². The van der Waals surface area contributed by atoms with E-state index in [-0.39, 0.29) is 5.91 Å². The summed E-state index contributed by atoms with van der Waals surface area (Å²) in [5, 5.41) is 7.42. The fraction of sp³-hybridized carbons (Fsp3) is 0.278. The van der Waals surface area contributed by atoms with E-state index in [1.165, 1.54) is 18.5 Å². The van der Waals surface area contributed by atoms with Crippen LogP contribution in [0.4, 0.5) is 0 Å². The van der Waals surface area contributed by atoms with Crippen molar-refractivity contribution >= 4 is 5.91 Å². The summed E-state index contributed by atoms with van der Waals surface area (Å²) in [7, 11) is 0. The fourth-order valence-electron chi connectivity index (χ4n) is 2.87. The maximum absolute atomic E-state index is 12.1. The van der Waals surface area contributed by atoms with Crippen LogP contribution >= 0.6 is 0 Å². The number of pyridine rings is 1. The van der Waals surface area contributed by atoms with Crippen LogP contribution < -0.4 is 5.32 Å². The highest BCUT2D eigenvalue weighted by molar-refractivity contribution is 5.93. The quantitative estimate of drug-likeness (QED) is 0.745. The molecule has 126 valence electrons. The van der Waals surface area contributed by atoms with E-state index in [0.29, 0.717) is 24.6 Å². The van der Waals surface area contributed by atoms with Gasteiger partial charge in [0.15, 0.2) is 0 Å². The Morgan fingerprint density at radius 1 is 1.16 bits per heavy atom. The largest absolute Gasteiger partial charge is 0.350 e. The monoisotopic (exact) mass is 334 g/mol. The molecule has 0 radical (unpaired) electrons. The summed E-state index contributed by atoms with van der Waals surface area (Å²) >= 11 is 0. The van der Waals surface area contributed by atoms with Crippen LogP contribution in [-0.2, 0) is 6.54 Å². The molecule has 7 heteroatoms. The molecule has 4 rings (SSSR count). The van der Waals surface area contributed by atoms with E-state index >= 15 is 0 Å². The van der Waals surface area contributed by atoms with Gasteiger partial charge in [-0.15, -0.1) is 0 Å². The molecule has 3 aromatic rings. The SMILES string of the molecule is O=C(NCCn1ncc(-c2cnccn2)c1C1CC1)c1cccnc1. The Balaban J connectivity index is 1.46. The van der Waals surface area contributed by atoms with Crippen LogP contribution in [0.25, 0.3) is 11.3 Å². The van der Waals surface area contributed by atoms with E-state index in [1.807, 2.05) is 10.9 Å². The van der Waals surface area contributed by atoms with Gasteiger partial charge in [0, 0.05) is 42.8 Å². The molecule has 7 nitrogen and oxygen atoms in total. The molecule has 0 aliphatic heterocycles. The molecule has 3 aromatic heterocycles. The van der Waals surface area contributed by atoms with Crippen molar-refractivity contribution in [3.8, 4) is 11.3 Å². The Morgan fingerprint density at radius 3 is 2.76 bits per heavy atom. The summed E-state index contributed by atoms with van der Waals surface area (Å²) in [4.78, 5) is 24.6. The van der Waals surface area contributed by atoms with Crippen LogP contribution in [0.5, 0.6) is 0 Å². The van der Waals surface area contributed by atoms with E-state index in [1.54, 1.807) is 43.1 Å². The minimum Gasteiger partial charge on any atom is -0.350 e. The molecular formula is C18H18N6O.